The minimum Gasteiger partial charge on any atom is -0.494 e. The van der Waals surface area contributed by atoms with E-state index in [-0.39, 0.29) is 0 Å². The highest BCUT2D eigenvalue weighted by Crippen LogP contribution is 2.13. The summed E-state index contributed by atoms with van der Waals surface area (Å²) in [5.41, 5.74) is 5.15. The van der Waals surface area contributed by atoms with Gasteiger partial charge in [-0.25, -0.2) is 4.79 Å². The van der Waals surface area contributed by atoms with Crippen LogP contribution in [0, 0.1) is 0 Å². The molecule has 0 aliphatic heterocycles. The average Bonchev–Trinajstić information content (AvgIpc) is 2.74. The molecule has 0 atom stereocenters. The Bertz CT molecular complexity index is 775. The van der Waals surface area contributed by atoms with Crippen molar-refractivity contribution >= 4 is 17.8 Å². The molecule has 0 saturated carbocycles. The fourth-order valence-corrected chi connectivity index (χ4v) is 2.27. The van der Waals surface area contributed by atoms with Gasteiger partial charge in [-0.3, -0.25) is 20.4 Å². The molecule has 0 aliphatic rings. The van der Waals surface area contributed by atoms with Gasteiger partial charge < -0.3 is 9.47 Å². The zero-order valence-corrected chi connectivity index (χ0v) is 15.8. The largest absolute Gasteiger partial charge is 0.494 e. The van der Waals surface area contributed by atoms with E-state index in [4.69, 9.17) is 9.47 Å². The lowest BCUT2D eigenvalue weighted by molar-refractivity contribution is -0.125. The summed E-state index contributed by atoms with van der Waals surface area (Å²) in [7, 11) is 0. The Kier molecular flexibility index (Phi) is 8.52. The van der Waals surface area contributed by atoms with Crippen LogP contribution in [0.2, 0.25) is 0 Å². The fourth-order valence-electron chi connectivity index (χ4n) is 2.27. The highest BCUT2D eigenvalue weighted by molar-refractivity contribution is 5.96. The predicted molar refractivity (Wildman–Crippen MR) is 104 cm³/mol. The topological polar surface area (TPSA) is 93.7 Å². The quantitative estimate of drug-likeness (QED) is 0.394. The molecule has 0 fully saturated rings. The van der Waals surface area contributed by atoms with Gasteiger partial charge in [0, 0.05) is 5.56 Å². The van der Waals surface area contributed by atoms with Gasteiger partial charge in [-0.1, -0.05) is 38.0 Å². The van der Waals surface area contributed by atoms with E-state index in [1.165, 1.54) is 0 Å². The first-order valence-electron chi connectivity index (χ1n) is 9.14. The Morgan fingerprint density at radius 3 is 2.25 bits per heavy atom. The number of rotatable bonds is 9. The summed E-state index contributed by atoms with van der Waals surface area (Å²) >= 11 is 0. The van der Waals surface area contributed by atoms with Crippen LogP contribution >= 0.6 is 0 Å². The molecule has 0 spiro atoms. The van der Waals surface area contributed by atoms with Gasteiger partial charge in [-0.2, -0.15) is 0 Å². The number of carbonyl (C=O) groups excluding carboxylic acids is 3. The van der Waals surface area contributed by atoms with Gasteiger partial charge in [-0.15, -0.1) is 0 Å². The van der Waals surface area contributed by atoms with Crippen LogP contribution in [0.4, 0.5) is 0 Å². The van der Waals surface area contributed by atoms with E-state index in [1.807, 2.05) is 0 Å². The number of carbonyl (C=O) groups is 3. The minimum atomic E-state index is -0.645. The van der Waals surface area contributed by atoms with Crippen molar-refractivity contribution < 1.29 is 23.9 Å². The van der Waals surface area contributed by atoms with Crippen LogP contribution in [-0.4, -0.2) is 31.0 Å². The summed E-state index contributed by atoms with van der Waals surface area (Å²) in [5, 5.41) is 0. The molecule has 0 unspecified atom stereocenters. The number of esters is 1. The zero-order valence-electron chi connectivity index (χ0n) is 15.8. The molecule has 0 bridgehead atoms. The maximum absolute atomic E-state index is 12.0. The Morgan fingerprint density at radius 1 is 0.857 bits per heavy atom. The van der Waals surface area contributed by atoms with Crippen molar-refractivity contribution in [3.05, 3.63) is 65.7 Å². The number of hydrogen-bond acceptors (Lipinski definition) is 5. The van der Waals surface area contributed by atoms with Crippen LogP contribution in [0.15, 0.2) is 54.6 Å². The molecule has 0 saturated heterocycles. The normalized spacial score (nSPS) is 10.0. The molecule has 7 nitrogen and oxygen atoms in total. The third-order valence-corrected chi connectivity index (χ3v) is 3.79. The van der Waals surface area contributed by atoms with Crippen molar-refractivity contribution in [3.63, 3.8) is 0 Å². The number of amides is 2. The average molecular weight is 384 g/mol. The zero-order chi connectivity index (χ0) is 20.2. The van der Waals surface area contributed by atoms with E-state index in [2.05, 4.69) is 17.8 Å². The summed E-state index contributed by atoms with van der Waals surface area (Å²) in [6.45, 7) is 2.24. The van der Waals surface area contributed by atoms with Crippen molar-refractivity contribution in [2.24, 2.45) is 0 Å². The summed E-state index contributed by atoms with van der Waals surface area (Å²) in [5.74, 6) is -1.07. The Labute approximate surface area is 164 Å². The van der Waals surface area contributed by atoms with Crippen molar-refractivity contribution in [2.45, 2.75) is 26.2 Å². The second-order valence-corrected chi connectivity index (χ2v) is 6.02. The van der Waals surface area contributed by atoms with Crippen LogP contribution < -0.4 is 15.6 Å². The number of benzene rings is 2. The molecule has 2 amide bonds. The number of hydrazine groups is 1. The molecule has 0 aromatic heterocycles. The first-order valence-corrected chi connectivity index (χ1v) is 9.14. The SMILES string of the molecule is CCCCCOc1ccc(C(=O)OCC(=O)NNC(=O)c2ccccc2)cc1. The first-order chi connectivity index (χ1) is 13.6. The maximum Gasteiger partial charge on any atom is 0.338 e. The van der Waals surface area contributed by atoms with E-state index < -0.39 is 24.4 Å². The molecular formula is C21H24N2O5. The van der Waals surface area contributed by atoms with E-state index >= 15 is 0 Å². The van der Waals surface area contributed by atoms with Gasteiger partial charge in [0.15, 0.2) is 6.61 Å². The molecule has 28 heavy (non-hydrogen) atoms. The van der Waals surface area contributed by atoms with Crippen molar-refractivity contribution in [1.82, 2.24) is 10.9 Å². The highest BCUT2D eigenvalue weighted by Gasteiger charge is 2.11. The fraction of sp³-hybridized carbons (Fsp3) is 0.286. The Morgan fingerprint density at radius 2 is 1.57 bits per heavy atom. The second kappa shape index (κ2) is 11.4. The monoisotopic (exact) mass is 384 g/mol. The summed E-state index contributed by atoms with van der Waals surface area (Å²) in [6.07, 6.45) is 3.21. The summed E-state index contributed by atoms with van der Waals surface area (Å²) in [6, 6.07) is 14.9. The molecule has 2 aromatic carbocycles. The van der Waals surface area contributed by atoms with Gasteiger partial charge >= 0.3 is 5.97 Å². The molecule has 7 heteroatoms. The second-order valence-electron chi connectivity index (χ2n) is 6.02. The number of nitrogens with one attached hydrogen (secondary N) is 2. The van der Waals surface area contributed by atoms with Gasteiger partial charge in [0.05, 0.1) is 12.2 Å². The molecule has 2 N–H and O–H groups in total. The smallest absolute Gasteiger partial charge is 0.338 e. The van der Waals surface area contributed by atoms with Gasteiger partial charge in [0.1, 0.15) is 5.75 Å². The number of hydrogen-bond donors (Lipinski definition) is 2. The molecule has 0 heterocycles. The van der Waals surface area contributed by atoms with E-state index in [9.17, 15) is 14.4 Å². The van der Waals surface area contributed by atoms with Crippen LogP contribution in [0.5, 0.6) is 5.75 Å². The molecule has 2 aromatic rings. The maximum atomic E-state index is 12.0. The van der Waals surface area contributed by atoms with Gasteiger partial charge in [-0.05, 0) is 42.8 Å². The standard InChI is InChI=1S/C21H24N2O5/c1-2-3-7-14-27-18-12-10-17(11-13-18)21(26)28-15-19(24)22-23-20(25)16-8-5-4-6-9-16/h4-6,8-13H,2-3,7,14-15H2,1H3,(H,22,24)(H,23,25). The molecule has 2 rings (SSSR count). The molecule has 148 valence electrons. The lowest BCUT2D eigenvalue weighted by Crippen LogP contribution is -2.43. The van der Waals surface area contributed by atoms with Crippen LogP contribution in [0.3, 0.4) is 0 Å². The van der Waals surface area contributed by atoms with Gasteiger partial charge in [0.2, 0.25) is 0 Å². The highest BCUT2D eigenvalue weighted by atomic mass is 16.5. The Hall–Kier alpha value is -3.35. The van der Waals surface area contributed by atoms with Crippen LogP contribution in [0.25, 0.3) is 0 Å². The van der Waals surface area contributed by atoms with E-state index in [0.29, 0.717) is 23.5 Å². The molecular weight excluding hydrogens is 360 g/mol. The van der Waals surface area contributed by atoms with E-state index in [1.54, 1.807) is 54.6 Å². The third-order valence-electron chi connectivity index (χ3n) is 3.79. The van der Waals surface area contributed by atoms with Crippen LogP contribution in [0.1, 0.15) is 46.9 Å². The molecule has 0 aliphatic carbocycles. The lowest BCUT2D eigenvalue weighted by Gasteiger charge is -2.09. The predicted octanol–water partition coefficient (Wildman–Crippen LogP) is 2.87. The molecule has 0 radical (unpaired) electrons. The summed E-state index contributed by atoms with van der Waals surface area (Å²) in [4.78, 5) is 35.5. The Balaban J connectivity index is 1.71. The van der Waals surface area contributed by atoms with Gasteiger partial charge in [0.25, 0.3) is 11.8 Å². The minimum absolute atomic E-state index is 0.307. The van der Waals surface area contributed by atoms with E-state index in [0.717, 1.165) is 19.3 Å². The third kappa shape index (κ3) is 7.11. The number of unbranched alkanes of at least 4 members (excludes halogenated alkanes) is 2. The number of ether oxygens (including phenoxy) is 2. The lowest BCUT2D eigenvalue weighted by atomic mass is 10.2. The summed E-state index contributed by atoms with van der Waals surface area (Å²) < 4.78 is 10.5. The van der Waals surface area contributed by atoms with Crippen LogP contribution in [-0.2, 0) is 9.53 Å². The van der Waals surface area contributed by atoms with Crippen molar-refractivity contribution in [2.75, 3.05) is 13.2 Å². The first kappa shape index (κ1) is 21.0. The van der Waals surface area contributed by atoms with Crippen molar-refractivity contribution in [1.29, 1.82) is 0 Å². The van der Waals surface area contributed by atoms with Crippen molar-refractivity contribution in [3.8, 4) is 5.75 Å².